The van der Waals surface area contributed by atoms with Crippen molar-refractivity contribution in [1.29, 1.82) is 0 Å². The Balaban J connectivity index is 2.54. The topological polar surface area (TPSA) is 35.0 Å². The van der Waals surface area contributed by atoms with Crippen LogP contribution < -0.4 is 0 Å². The fourth-order valence-corrected chi connectivity index (χ4v) is 1.28. The number of hydrogen-bond acceptors (Lipinski definition) is 4. The van der Waals surface area contributed by atoms with E-state index in [0.29, 0.717) is 6.61 Å². The summed E-state index contributed by atoms with van der Waals surface area (Å²) in [5.41, 5.74) is 0.947. The second-order valence-corrected chi connectivity index (χ2v) is 2.53. The van der Waals surface area contributed by atoms with Gasteiger partial charge in [0.25, 0.3) is 0 Å². The maximum absolute atomic E-state index is 5.03. The van der Waals surface area contributed by atoms with Crippen molar-refractivity contribution in [3.63, 3.8) is 0 Å². The van der Waals surface area contributed by atoms with Crippen LogP contribution in [0.15, 0.2) is 17.2 Å². The van der Waals surface area contributed by atoms with E-state index in [1.54, 1.807) is 6.20 Å². The Labute approximate surface area is 56.6 Å². The molecule has 1 aromatic rings. The molecule has 0 bridgehead atoms. The van der Waals surface area contributed by atoms with E-state index in [1.807, 2.05) is 6.07 Å². The van der Waals surface area contributed by atoms with E-state index < -0.39 is 0 Å². The number of nitrogens with zero attached hydrogens (tertiary/aromatic N) is 2. The van der Waals surface area contributed by atoms with Crippen LogP contribution in [0.5, 0.6) is 0 Å². The van der Waals surface area contributed by atoms with Crippen molar-refractivity contribution in [2.45, 2.75) is 11.5 Å². The standard InChI is InChI=1S/C5H4N2OS/c1-2-6-7-4-3-8-9-5(1)4/h1-2H,3H2. The van der Waals surface area contributed by atoms with Gasteiger partial charge >= 0.3 is 0 Å². The molecule has 0 saturated carbocycles. The Hall–Kier alpha value is -0.610. The summed E-state index contributed by atoms with van der Waals surface area (Å²) in [5, 5.41) is 7.58. The highest BCUT2D eigenvalue weighted by molar-refractivity contribution is 7.95. The Kier molecular flexibility index (Phi) is 1.13. The molecule has 0 atom stereocenters. The first-order valence-corrected chi connectivity index (χ1v) is 3.31. The summed E-state index contributed by atoms with van der Waals surface area (Å²) in [6, 6.07) is 1.90. The number of rotatable bonds is 0. The lowest BCUT2D eigenvalue weighted by Crippen LogP contribution is -1.87. The maximum Gasteiger partial charge on any atom is 0.107 e. The van der Waals surface area contributed by atoms with Crippen LogP contribution >= 0.6 is 12.0 Å². The molecule has 0 fully saturated rings. The van der Waals surface area contributed by atoms with E-state index in [9.17, 15) is 0 Å². The van der Waals surface area contributed by atoms with Crippen molar-refractivity contribution < 1.29 is 4.18 Å². The summed E-state index contributed by atoms with van der Waals surface area (Å²) < 4.78 is 5.03. The van der Waals surface area contributed by atoms with Crippen LogP contribution in [0.2, 0.25) is 0 Å². The first-order chi connectivity index (χ1) is 4.47. The molecule has 4 heteroatoms. The Morgan fingerprint density at radius 1 is 1.67 bits per heavy atom. The molecule has 0 aromatic carbocycles. The van der Waals surface area contributed by atoms with Crippen molar-refractivity contribution in [3.8, 4) is 0 Å². The van der Waals surface area contributed by atoms with Gasteiger partial charge in [0, 0.05) is 12.0 Å². The van der Waals surface area contributed by atoms with Crippen molar-refractivity contribution in [2.75, 3.05) is 0 Å². The SMILES string of the molecule is c1cc2c(nn1)COS2. The van der Waals surface area contributed by atoms with E-state index in [0.717, 1.165) is 10.6 Å². The monoisotopic (exact) mass is 140 g/mol. The molecule has 0 radical (unpaired) electrons. The Morgan fingerprint density at radius 2 is 2.67 bits per heavy atom. The normalized spacial score (nSPS) is 15.6. The zero-order valence-electron chi connectivity index (χ0n) is 4.57. The zero-order valence-corrected chi connectivity index (χ0v) is 5.39. The molecule has 0 saturated heterocycles. The van der Waals surface area contributed by atoms with Crippen LogP contribution in [0.25, 0.3) is 0 Å². The lowest BCUT2D eigenvalue weighted by atomic mass is 10.4. The molecular formula is C5H4N2OS. The fourth-order valence-electron chi connectivity index (χ4n) is 0.674. The lowest BCUT2D eigenvalue weighted by Gasteiger charge is -1.86. The molecule has 1 aromatic heterocycles. The number of aromatic nitrogens is 2. The van der Waals surface area contributed by atoms with Crippen LogP contribution in [0.1, 0.15) is 5.69 Å². The van der Waals surface area contributed by atoms with Crippen molar-refractivity contribution in [2.24, 2.45) is 0 Å². The number of hydrogen-bond donors (Lipinski definition) is 0. The third kappa shape index (κ3) is 0.799. The minimum atomic E-state index is 0.591. The van der Waals surface area contributed by atoms with Crippen LogP contribution in [0.3, 0.4) is 0 Å². The van der Waals surface area contributed by atoms with Crippen LogP contribution in [0, 0.1) is 0 Å². The molecular weight excluding hydrogens is 136 g/mol. The van der Waals surface area contributed by atoms with Gasteiger partial charge in [-0.1, -0.05) is 0 Å². The molecule has 0 aliphatic carbocycles. The van der Waals surface area contributed by atoms with E-state index in [1.165, 1.54) is 12.0 Å². The lowest BCUT2D eigenvalue weighted by molar-refractivity contribution is 0.372. The predicted molar refractivity (Wildman–Crippen MR) is 32.7 cm³/mol. The van der Waals surface area contributed by atoms with E-state index >= 15 is 0 Å². The van der Waals surface area contributed by atoms with E-state index in [2.05, 4.69) is 10.2 Å². The molecule has 2 heterocycles. The largest absolute Gasteiger partial charge is 0.304 e. The summed E-state index contributed by atoms with van der Waals surface area (Å²) in [4.78, 5) is 1.09. The highest BCUT2D eigenvalue weighted by Gasteiger charge is 2.12. The second-order valence-electron chi connectivity index (χ2n) is 1.69. The average molecular weight is 140 g/mol. The van der Waals surface area contributed by atoms with Gasteiger partial charge in [-0.3, -0.25) is 0 Å². The van der Waals surface area contributed by atoms with Crippen LogP contribution in [0.4, 0.5) is 0 Å². The summed E-state index contributed by atoms with van der Waals surface area (Å²) in [6.45, 7) is 0.591. The van der Waals surface area contributed by atoms with Gasteiger partial charge in [0.1, 0.15) is 12.3 Å². The molecule has 46 valence electrons. The van der Waals surface area contributed by atoms with E-state index in [4.69, 9.17) is 4.18 Å². The van der Waals surface area contributed by atoms with Gasteiger partial charge in [0.05, 0.1) is 11.1 Å². The molecule has 3 nitrogen and oxygen atoms in total. The second kappa shape index (κ2) is 1.97. The Morgan fingerprint density at radius 3 is 3.56 bits per heavy atom. The van der Waals surface area contributed by atoms with Crippen molar-refractivity contribution in [1.82, 2.24) is 10.2 Å². The minimum absolute atomic E-state index is 0.591. The summed E-state index contributed by atoms with van der Waals surface area (Å²) in [6.07, 6.45) is 1.67. The molecule has 0 spiro atoms. The van der Waals surface area contributed by atoms with E-state index in [-0.39, 0.29) is 0 Å². The quantitative estimate of drug-likeness (QED) is 0.504. The first-order valence-electron chi connectivity index (χ1n) is 2.57. The highest BCUT2D eigenvalue weighted by Crippen LogP contribution is 2.29. The molecule has 0 N–H and O–H groups in total. The molecule has 9 heavy (non-hydrogen) atoms. The molecule has 2 rings (SSSR count). The molecule has 1 aliphatic rings. The zero-order chi connectivity index (χ0) is 6.10. The first kappa shape index (κ1) is 5.20. The van der Waals surface area contributed by atoms with Gasteiger partial charge in [-0.15, -0.1) is 0 Å². The smallest absolute Gasteiger partial charge is 0.107 e. The highest BCUT2D eigenvalue weighted by atomic mass is 32.2. The van der Waals surface area contributed by atoms with Crippen LogP contribution in [-0.2, 0) is 10.8 Å². The van der Waals surface area contributed by atoms with Gasteiger partial charge in [0.2, 0.25) is 0 Å². The molecule has 0 amide bonds. The predicted octanol–water partition coefficient (Wildman–Crippen LogP) is 1.01. The van der Waals surface area contributed by atoms with Gasteiger partial charge in [0.15, 0.2) is 0 Å². The van der Waals surface area contributed by atoms with Crippen LogP contribution in [-0.4, -0.2) is 10.2 Å². The Bertz CT molecular complexity index is 205. The molecule has 1 aliphatic heterocycles. The molecule has 0 unspecified atom stereocenters. The number of fused-ring (bicyclic) bond motifs is 1. The summed E-state index contributed by atoms with van der Waals surface area (Å²) in [7, 11) is 0. The average Bonchev–Trinajstić information content (AvgIpc) is 2.33. The third-order valence-electron chi connectivity index (χ3n) is 1.10. The third-order valence-corrected chi connectivity index (χ3v) is 1.89. The summed E-state index contributed by atoms with van der Waals surface area (Å²) >= 11 is 1.37. The minimum Gasteiger partial charge on any atom is -0.304 e. The van der Waals surface area contributed by atoms with Gasteiger partial charge in [-0.2, -0.15) is 10.2 Å². The van der Waals surface area contributed by atoms with Gasteiger partial charge in [-0.05, 0) is 6.07 Å². The van der Waals surface area contributed by atoms with Crippen molar-refractivity contribution >= 4 is 12.0 Å². The van der Waals surface area contributed by atoms with Crippen molar-refractivity contribution in [3.05, 3.63) is 18.0 Å². The van der Waals surface area contributed by atoms with Gasteiger partial charge in [-0.25, -0.2) is 0 Å². The maximum atomic E-state index is 5.03. The summed E-state index contributed by atoms with van der Waals surface area (Å²) in [5.74, 6) is 0. The van der Waals surface area contributed by atoms with Gasteiger partial charge < -0.3 is 4.18 Å². The fraction of sp³-hybridized carbons (Fsp3) is 0.200.